The molecule has 0 spiro atoms. The summed E-state index contributed by atoms with van der Waals surface area (Å²) in [6.45, 7) is 0.176. The first-order valence-corrected chi connectivity index (χ1v) is 7.66. The van der Waals surface area contributed by atoms with Crippen LogP contribution in [0.4, 0.5) is 13.6 Å². The number of nitrogens with zero attached hydrogens (tertiary/aromatic N) is 1. The smallest absolute Gasteiger partial charge is 0.408 e. The molecule has 1 saturated heterocycles. The number of halogens is 2. The summed E-state index contributed by atoms with van der Waals surface area (Å²) in [5, 5.41) is 11.5. The molecule has 2 rings (SSSR count). The standard InChI is InChI=1S/C16H20F2N2O4/c17-16(18)6-8-20(9-7-16)10-13(14(21)22)19-15(23)24-11-12-4-2-1-3-5-12/h1-5,13H,6-11H2,(H,19,23)(H,21,22). The summed E-state index contributed by atoms with van der Waals surface area (Å²) in [7, 11) is 0. The van der Waals surface area contributed by atoms with Crippen molar-refractivity contribution in [1.29, 1.82) is 0 Å². The van der Waals surface area contributed by atoms with Crippen LogP contribution in [0, 0.1) is 0 Å². The highest BCUT2D eigenvalue weighted by Crippen LogP contribution is 2.27. The molecule has 8 heteroatoms. The molecule has 1 heterocycles. The molecule has 24 heavy (non-hydrogen) atoms. The number of aliphatic carboxylic acids is 1. The van der Waals surface area contributed by atoms with E-state index in [9.17, 15) is 23.5 Å². The van der Waals surface area contributed by atoms with Gasteiger partial charge in [0.1, 0.15) is 12.6 Å². The quantitative estimate of drug-likeness (QED) is 0.828. The third-order valence-electron chi connectivity index (χ3n) is 3.83. The van der Waals surface area contributed by atoms with E-state index in [1.54, 1.807) is 29.2 Å². The van der Waals surface area contributed by atoms with Crippen LogP contribution in [0.1, 0.15) is 18.4 Å². The number of likely N-dealkylation sites (tertiary alicyclic amines) is 1. The second-order valence-electron chi connectivity index (χ2n) is 5.75. The number of benzene rings is 1. The van der Waals surface area contributed by atoms with Gasteiger partial charge >= 0.3 is 12.1 Å². The molecule has 1 aliphatic rings. The molecule has 132 valence electrons. The van der Waals surface area contributed by atoms with Crippen molar-refractivity contribution in [3.63, 3.8) is 0 Å². The molecular weight excluding hydrogens is 322 g/mol. The van der Waals surface area contributed by atoms with Gasteiger partial charge in [-0.15, -0.1) is 0 Å². The zero-order chi connectivity index (χ0) is 17.6. The zero-order valence-electron chi connectivity index (χ0n) is 13.1. The van der Waals surface area contributed by atoms with Gasteiger partial charge in [-0.25, -0.2) is 18.4 Å². The molecule has 1 aromatic carbocycles. The van der Waals surface area contributed by atoms with E-state index in [2.05, 4.69) is 5.32 Å². The molecule has 1 atom stereocenters. The van der Waals surface area contributed by atoms with Crippen LogP contribution >= 0.6 is 0 Å². The van der Waals surface area contributed by atoms with Crippen molar-refractivity contribution in [3.8, 4) is 0 Å². The Hall–Kier alpha value is -2.22. The number of rotatable bonds is 6. The fourth-order valence-corrected chi connectivity index (χ4v) is 2.41. The summed E-state index contributed by atoms with van der Waals surface area (Å²) in [4.78, 5) is 24.6. The number of alkyl halides is 2. The number of ether oxygens (including phenoxy) is 1. The maximum Gasteiger partial charge on any atom is 0.408 e. The molecule has 0 radical (unpaired) electrons. The summed E-state index contributed by atoms with van der Waals surface area (Å²) >= 11 is 0. The number of hydrogen-bond acceptors (Lipinski definition) is 4. The molecule has 0 aliphatic carbocycles. The molecular formula is C16H20F2N2O4. The maximum atomic E-state index is 13.1. The monoisotopic (exact) mass is 342 g/mol. The molecule has 1 aliphatic heterocycles. The molecule has 0 saturated carbocycles. The number of piperidine rings is 1. The van der Waals surface area contributed by atoms with E-state index in [-0.39, 0.29) is 39.1 Å². The summed E-state index contributed by atoms with van der Waals surface area (Å²) in [5.74, 6) is -3.93. The number of nitrogens with one attached hydrogen (secondary N) is 1. The van der Waals surface area contributed by atoms with E-state index in [4.69, 9.17) is 4.74 Å². The molecule has 0 bridgehead atoms. The topological polar surface area (TPSA) is 78.9 Å². The fourth-order valence-electron chi connectivity index (χ4n) is 2.41. The van der Waals surface area contributed by atoms with Crippen LogP contribution in [-0.2, 0) is 16.1 Å². The van der Waals surface area contributed by atoms with Gasteiger partial charge in [-0.3, -0.25) is 0 Å². The van der Waals surface area contributed by atoms with Gasteiger partial charge < -0.3 is 20.1 Å². The minimum Gasteiger partial charge on any atom is -0.480 e. The van der Waals surface area contributed by atoms with Crippen LogP contribution < -0.4 is 5.32 Å². The minimum atomic E-state index is -2.70. The number of carbonyl (C=O) groups excluding carboxylic acids is 1. The van der Waals surface area contributed by atoms with E-state index in [0.717, 1.165) is 5.56 Å². The van der Waals surface area contributed by atoms with Crippen molar-refractivity contribution < 1.29 is 28.2 Å². The molecule has 1 unspecified atom stereocenters. The summed E-state index contributed by atoms with van der Waals surface area (Å²) < 4.78 is 31.2. The number of amides is 1. The lowest BCUT2D eigenvalue weighted by Gasteiger charge is -2.33. The predicted molar refractivity (Wildman–Crippen MR) is 81.8 cm³/mol. The van der Waals surface area contributed by atoms with Gasteiger partial charge in [0.05, 0.1) is 0 Å². The van der Waals surface area contributed by atoms with Gasteiger partial charge in [0.25, 0.3) is 5.92 Å². The highest BCUT2D eigenvalue weighted by Gasteiger charge is 2.35. The van der Waals surface area contributed by atoms with E-state index < -0.39 is 24.0 Å². The third kappa shape index (κ3) is 5.77. The Bertz CT molecular complexity index is 558. The Labute approximate surface area is 138 Å². The first kappa shape index (κ1) is 18.1. The SMILES string of the molecule is O=C(NC(CN1CCC(F)(F)CC1)C(=O)O)OCc1ccccc1. The summed E-state index contributed by atoms with van der Waals surface area (Å²) in [5.41, 5.74) is 0.776. The van der Waals surface area contributed by atoms with Crippen LogP contribution in [0.15, 0.2) is 30.3 Å². The van der Waals surface area contributed by atoms with Gasteiger partial charge in [0.2, 0.25) is 0 Å². The third-order valence-corrected chi connectivity index (χ3v) is 3.83. The van der Waals surface area contributed by atoms with E-state index in [1.807, 2.05) is 6.07 Å². The molecule has 1 aromatic rings. The molecule has 6 nitrogen and oxygen atoms in total. The lowest BCUT2D eigenvalue weighted by molar-refractivity contribution is -0.140. The Morgan fingerprint density at radius 1 is 1.25 bits per heavy atom. The van der Waals surface area contributed by atoms with Crippen LogP contribution in [-0.4, -0.2) is 53.7 Å². The van der Waals surface area contributed by atoms with Crippen molar-refractivity contribution in [2.24, 2.45) is 0 Å². The molecule has 2 N–H and O–H groups in total. The molecule has 1 amide bonds. The second-order valence-corrected chi connectivity index (χ2v) is 5.75. The number of carboxylic acids is 1. The fraction of sp³-hybridized carbons (Fsp3) is 0.500. The number of carbonyl (C=O) groups is 2. The Morgan fingerprint density at radius 2 is 1.88 bits per heavy atom. The average Bonchev–Trinajstić information content (AvgIpc) is 2.55. The lowest BCUT2D eigenvalue weighted by atomic mass is 10.1. The largest absolute Gasteiger partial charge is 0.480 e. The van der Waals surface area contributed by atoms with Crippen molar-refractivity contribution in [2.75, 3.05) is 19.6 Å². The van der Waals surface area contributed by atoms with Crippen molar-refractivity contribution >= 4 is 12.1 Å². The Balaban J connectivity index is 1.80. The molecule has 1 fully saturated rings. The van der Waals surface area contributed by atoms with Crippen LogP contribution in [0.2, 0.25) is 0 Å². The highest BCUT2D eigenvalue weighted by molar-refractivity contribution is 5.80. The summed E-state index contributed by atoms with van der Waals surface area (Å²) in [6.07, 6.45) is -1.47. The molecule has 0 aromatic heterocycles. The average molecular weight is 342 g/mol. The Morgan fingerprint density at radius 3 is 2.46 bits per heavy atom. The normalized spacial score (nSPS) is 18.6. The minimum absolute atomic E-state index is 0.0228. The number of hydrogen-bond donors (Lipinski definition) is 2. The lowest BCUT2D eigenvalue weighted by Crippen LogP contribution is -2.51. The number of carboxylic acid groups (broad SMARTS) is 1. The van der Waals surface area contributed by atoms with Crippen LogP contribution in [0.25, 0.3) is 0 Å². The predicted octanol–water partition coefficient (Wildman–Crippen LogP) is 2.10. The van der Waals surface area contributed by atoms with Crippen molar-refractivity contribution in [3.05, 3.63) is 35.9 Å². The van der Waals surface area contributed by atoms with Crippen LogP contribution in [0.3, 0.4) is 0 Å². The van der Waals surface area contributed by atoms with E-state index >= 15 is 0 Å². The van der Waals surface area contributed by atoms with Gasteiger partial charge in [-0.05, 0) is 5.56 Å². The van der Waals surface area contributed by atoms with Gasteiger partial charge in [0.15, 0.2) is 0 Å². The van der Waals surface area contributed by atoms with Gasteiger partial charge in [-0.1, -0.05) is 30.3 Å². The van der Waals surface area contributed by atoms with Crippen molar-refractivity contribution in [2.45, 2.75) is 31.4 Å². The van der Waals surface area contributed by atoms with Gasteiger partial charge in [0, 0.05) is 32.5 Å². The van der Waals surface area contributed by atoms with E-state index in [1.165, 1.54) is 0 Å². The van der Waals surface area contributed by atoms with E-state index in [0.29, 0.717) is 0 Å². The van der Waals surface area contributed by atoms with Crippen molar-refractivity contribution in [1.82, 2.24) is 10.2 Å². The zero-order valence-corrected chi connectivity index (χ0v) is 13.1. The second kappa shape index (κ2) is 8.05. The first-order valence-electron chi connectivity index (χ1n) is 7.66. The Kier molecular flexibility index (Phi) is 6.08. The number of alkyl carbamates (subject to hydrolysis) is 1. The maximum absolute atomic E-state index is 13.1. The summed E-state index contributed by atoms with van der Waals surface area (Å²) in [6, 6.07) is 7.75. The van der Waals surface area contributed by atoms with Crippen LogP contribution in [0.5, 0.6) is 0 Å². The highest BCUT2D eigenvalue weighted by atomic mass is 19.3. The van der Waals surface area contributed by atoms with Gasteiger partial charge in [-0.2, -0.15) is 0 Å². The first-order chi connectivity index (χ1) is 11.4.